The third-order valence-corrected chi connectivity index (χ3v) is 8.65. The number of carbonyl (C=O) groups excluding carboxylic acids is 1. The average molecular weight is 576 g/mol. The molecule has 212 valence electrons. The Bertz CT molecular complexity index is 1590. The molecule has 2 aliphatic heterocycles. The number of anilines is 1. The molecule has 4 heterocycles. The van der Waals surface area contributed by atoms with Gasteiger partial charge in [-0.2, -0.15) is 22.8 Å². The maximum atomic E-state index is 14.0. The van der Waals surface area contributed by atoms with Gasteiger partial charge in [0.05, 0.1) is 35.2 Å². The van der Waals surface area contributed by atoms with E-state index in [1.165, 1.54) is 4.52 Å². The number of halogens is 4. The van der Waals surface area contributed by atoms with Crippen molar-refractivity contribution in [2.75, 3.05) is 31.6 Å². The molecule has 6 rings (SSSR count). The number of carbonyl (C=O) groups is 1. The molecule has 2 aromatic heterocycles. The second-order valence-corrected chi connectivity index (χ2v) is 11.3. The summed E-state index contributed by atoms with van der Waals surface area (Å²) in [5.74, 6) is -0.449. The number of alkyl halides is 3. The highest BCUT2D eigenvalue weighted by atomic mass is 35.5. The minimum atomic E-state index is -4.55. The zero-order chi connectivity index (χ0) is 28.2. The van der Waals surface area contributed by atoms with Crippen LogP contribution in [-0.2, 0) is 27.7 Å². The first kappa shape index (κ1) is 27.0. The Balaban J connectivity index is 1.44. The number of aromatic nitrogens is 3. The van der Waals surface area contributed by atoms with Gasteiger partial charge < -0.3 is 19.9 Å². The number of hydrogen-bond acceptors (Lipinski definition) is 5. The average Bonchev–Trinajstić information content (AvgIpc) is 3.48. The minimum Gasteiger partial charge on any atom is -0.377 e. The molecule has 40 heavy (non-hydrogen) atoms. The van der Waals surface area contributed by atoms with Crippen molar-refractivity contribution in [2.45, 2.75) is 56.7 Å². The molecular formula is C28H29ClF3N5O3. The second kappa shape index (κ2) is 10.0. The number of ether oxygens (including phenoxy) is 1. The van der Waals surface area contributed by atoms with E-state index in [4.69, 9.17) is 21.4 Å². The van der Waals surface area contributed by atoms with E-state index in [-0.39, 0.29) is 34.1 Å². The summed E-state index contributed by atoms with van der Waals surface area (Å²) in [5.41, 5.74) is 2.40. The molecule has 0 radical (unpaired) electrons. The summed E-state index contributed by atoms with van der Waals surface area (Å²) < 4.78 is 47.9. The first-order chi connectivity index (χ1) is 19.1. The number of rotatable bonds is 4. The van der Waals surface area contributed by atoms with Crippen molar-refractivity contribution in [3.63, 3.8) is 0 Å². The maximum absolute atomic E-state index is 14.0. The van der Waals surface area contributed by atoms with E-state index in [0.717, 1.165) is 61.8 Å². The lowest BCUT2D eigenvalue weighted by molar-refractivity contribution is -0.137. The van der Waals surface area contributed by atoms with Crippen LogP contribution in [0.5, 0.6) is 0 Å². The molecule has 2 N–H and O–H groups in total. The molecule has 1 unspecified atom stereocenters. The van der Waals surface area contributed by atoms with Crippen LogP contribution in [-0.4, -0.2) is 46.4 Å². The Morgan fingerprint density at radius 1 is 1.27 bits per heavy atom. The van der Waals surface area contributed by atoms with Gasteiger partial charge >= 0.3 is 6.18 Å². The lowest BCUT2D eigenvalue weighted by Gasteiger charge is -2.34. The van der Waals surface area contributed by atoms with Crippen LogP contribution in [0.15, 0.2) is 35.1 Å². The summed E-state index contributed by atoms with van der Waals surface area (Å²) in [6, 6.07) is 4.65. The van der Waals surface area contributed by atoms with Crippen LogP contribution in [0.4, 0.5) is 18.9 Å². The predicted molar refractivity (Wildman–Crippen MR) is 145 cm³/mol. The lowest BCUT2D eigenvalue weighted by atomic mass is 9.74. The Hall–Kier alpha value is -3.15. The summed E-state index contributed by atoms with van der Waals surface area (Å²) in [5, 5.41) is 10.5. The smallest absolute Gasteiger partial charge is 0.377 e. The van der Waals surface area contributed by atoms with Crippen LogP contribution in [0.3, 0.4) is 0 Å². The molecule has 1 atom stereocenters. The quantitative estimate of drug-likeness (QED) is 0.469. The van der Waals surface area contributed by atoms with Crippen molar-refractivity contribution >= 4 is 34.4 Å². The fraction of sp³-hybridized carbons (Fsp3) is 0.464. The Kier molecular flexibility index (Phi) is 6.79. The molecule has 0 bridgehead atoms. The van der Waals surface area contributed by atoms with Crippen LogP contribution in [0.2, 0.25) is 5.02 Å². The zero-order valence-electron chi connectivity index (χ0n) is 21.9. The van der Waals surface area contributed by atoms with Crippen LogP contribution in [0, 0.1) is 0 Å². The van der Waals surface area contributed by atoms with Crippen molar-refractivity contribution in [2.24, 2.45) is 0 Å². The first-order valence-corrected chi connectivity index (χ1v) is 13.8. The van der Waals surface area contributed by atoms with Crippen molar-refractivity contribution < 1.29 is 22.7 Å². The molecule has 1 aliphatic carbocycles. The van der Waals surface area contributed by atoms with Crippen LogP contribution in [0.1, 0.15) is 61.0 Å². The van der Waals surface area contributed by atoms with Gasteiger partial charge in [-0.1, -0.05) is 24.6 Å². The number of piperidine rings is 1. The fourth-order valence-corrected chi connectivity index (χ4v) is 6.78. The molecule has 3 aliphatic rings. The van der Waals surface area contributed by atoms with Gasteiger partial charge in [0.1, 0.15) is 12.2 Å². The summed E-state index contributed by atoms with van der Waals surface area (Å²) >= 11 is 6.10. The monoisotopic (exact) mass is 575 g/mol. The fourth-order valence-electron chi connectivity index (χ4n) is 6.55. The van der Waals surface area contributed by atoms with Crippen molar-refractivity contribution in [3.05, 3.63) is 68.2 Å². The molecule has 1 aromatic carbocycles. The van der Waals surface area contributed by atoms with E-state index in [2.05, 4.69) is 17.6 Å². The first-order valence-electron chi connectivity index (χ1n) is 13.4. The van der Waals surface area contributed by atoms with E-state index in [9.17, 15) is 22.8 Å². The third-order valence-electron chi connectivity index (χ3n) is 8.34. The van der Waals surface area contributed by atoms with E-state index in [0.29, 0.717) is 36.5 Å². The lowest BCUT2D eigenvalue weighted by Crippen LogP contribution is -2.42. The molecule has 12 heteroatoms. The summed E-state index contributed by atoms with van der Waals surface area (Å²) in [4.78, 5) is 27.4. The number of fused-ring (bicyclic) bond motifs is 3. The summed E-state index contributed by atoms with van der Waals surface area (Å²) in [6.07, 6.45) is 0.494. The molecule has 0 saturated carbocycles. The summed E-state index contributed by atoms with van der Waals surface area (Å²) in [7, 11) is 0. The SMILES string of the molecule is CC1CC2(CCNCC2)c2c1n(CC(=O)Nc1ccc(C(F)(F)F)cc1Cl)c1cc(C3=CCOCC3)nn1c2=O. The van der Waals surface area contributed by atoms with E-state index in [1.807, 2.05) is 16.7 Å². The molecule has 1 fully saturated rings. The van der Waals surface area contributed by atoms with Gasteiger partial charge in [0.15, 0.2) is 0 Å². The van der Waals surface area contributed by atoms with Crippen LogP contribution >= 0.6 is 11.6 Å². The van der Waals surface area contributed by atoms with Crippen LogP contribution in [0.25, 0.3) is 11.2 Å². The topological polar surface area (TPSA) is 89.7 Å². The number of nitrogens with zero attached hydrogens (tertiary/aromatic N) is 3. The Morgan fingerprint density at radius 3 is 2.73 bits per heavy atom. The van der Waals surface area contributed by atoms with Crippen LogP contribution < -0.4 is 16.2 Å². The van der Waals surface area contributed by atoms with Gasteiger partial charge in [0, 0.05) is 22.7 Å². The van der Waals surface area contributed by atoms with Gasteiger partial charge in [-0.05, 0) is 68.5 Å². The molecule has 8 nitrogen and oxygen atoms in total. The van der Waals surface area contributed by atoms with E-state index in [1.54, 1.807) is 0 Å². The molecule has 1 saturated heterocycles. The van der Waals surface area contributed by atoms with Gasteiger partial charge in [-0.3, -0.25) is 9.59 Å². The van der Waals surface area contributed by atoms with Crippen molar-refractivity contribution in [1.82, 2.24) is 19.5 Å². The number of nitrogens with one attached hydrogen (secondary N) is 2. The normalized spacial score (nSPS) is 20.5. The highest BCUT2D eigenvalue weighted by Gasteiger charge is 2.47. The predicted octanol–water partition coefficient (Wildman–Crippen LogP) is 4.74. The molecule has 3 aromatic rings. The van der Waals surface area contributed by atoms with E-state index >= 15 is 0 Å². The second-order valence-electron chi connectivity index (χ2n) is 10.9. The largest absolute Gasteiger partial charge is 0.416 e. The Labute approximate surface area is 233 Å². The Morgan fingerprint density at radius 2 is 2.05 bits per heavy atom. The zero-order valence-corrected chi connectivity index (χ0v) is 22.7. The maximum Gasteiger partial charge on any atom is 0.416 e. The molecule has 1 spiro atoms. The van der Waals surface area contributed by atoms with Gasteiger partial charge in [-0.25, -0.2) is 0 Å². The molecule has 1 amide bonds. The van der Waals surface area contributed by atoms with Gasteiger partial charge in [0.25, 0.3) is 5.56 Å². The number of hydrogen-bond donors (Lipinski definition) is 2. The van der Waals surface area contributed by atoms with Gasteiger partial charge in [-0.15, -0.1) is 0 Å². The number of benzene rings is 1. The minimum absolute atomic E-state index is 0.0221. The van der Waals surface area contributed by atoms with E-state index < -0.39 is 17.6 Å². The standard InChI is InChI=1S/C28H29ClF3N5O3/c1-16-14-27(6-8-33-9-7-27)24-25(16)36(15-22(38)34-20-3-2-18(12-19(20)29)28(30,31)32)23-13-21(35-37(23)26(24)39)17-4-10-40-11-5-17/h2-4,12-13,16,33H,5-11,14-15H2,1H3,(H,34,38). The van der Waals surface area contributed by atoms with Gasteiger partial charge in [0.2, 0.25) is 5.91 Å². The summed E-state index contributed by atoms with van der Waals surface area (Å²) in [6.45, 7) is 4.54. The van der Waals surface area contributed by atoms with Crippen molar-refractivity contribution in [3.8, 4) is 0 Å². The third kappa shape index (κ3) is 4.63. The number of amides is 1. The highest BCUT2D eigenvalue weighted by molar-refractivity contribution is 6.33. The molecular weight excluding hydrogens is 547 g/mol. The van der Waals surface area contributed by atoms with Crippen molar-refractivity contribution in [1.29, 1.82) is 0 Å². The highest BCUT2D eigenvalue weighted by Crippen LogP contribution is 2.49.